The molecule has 0 saturated heterocycles. The van der Waals surface area contributed by atoms with Gasteiger partial charge in [0.05, 0.1) is 10.5 Å². The van der Waals surface area contributed by atoms with E-state index < -0.39 is 16.0 Å². The Balaban J connectivity index is 2.28. The Morgan fingerprint density at radius 1 is 1.33 bits per heavy atom. The normalized spacial score (nSPS) is 26.0. The summed E-state index contributed by atoms with van der Waals surface area (Å²) in [6, 6.07) is 4.09. The van der Waals surface area contributed by atoms with Crippen LogP contribution < -0.4 is 4.72 Å². The van der Waals surface area contributed by atoms with Crippen LogP contribution in [0.5, 0.6) is 0 Å². The second-order valence-electron chi connectivity index (χ2n) is 5.59. The van der Waals surface area contributed by atoms with Crippen LogP contribution in [0, 0.1) is 15.4 Å². The predicted molar refractivity (Wildman–Crippen MR) is 87.8 cm³/mol. The number of carboxylic acids is 1. The molecule has 0 aromatic heterocycles. The van der Waals surface area contributed by atoms with Gasteiger partial charge in [-0.25, -0.2) is 17.9 Å². The first-order valence-corrected chi connectivity index (χ1v) is 9.33. The Kier molecular flexibility index (Phi) is 4.94. The summed E-state index contributed by atoms with van der Waals surface area (Å²) in [6.07, 6.45) is 1.82. The maximum Gasteiger partial charge on any atom is 0.336 e. The number of aromatic carboxylic acids is 1. The molecule has 0 bridgehead atoms. The Morgan fingerprint density at radius 3 is 2.52 bits per heavy atom. The minimum Gasteiger partial charge on any atom is -0.478 e. The summed E-state index contributed by atoms with van der Waals surface area (Å²) in [5.74, 6) is -0.356. The third-order valence-corrected chi connectivity index (χ3v) is 6.68. The van der Waals surface area contributed by atoms with E-state index in [1.165, 1.54) is 18.2 Å². The summed E-state index contributed by atoms with van der Waals surface area (Å²) >= 11 is 1.88. The van der Waals surface area contributed by atoms with Crippen LogP contribution in [0.1, 0.15) is 37.0 Å². The van der Waals surface area contributed by atoms with Crippen LogP contribution in [0.25, 0.3) is 0 Å². The fourth-order valence-electron chi connectivity index (χ4n) is 2.63. The van der Waals surface area contributed by atoms with Gasteiger partial charge in [-0.3, -0.25) is 0 Å². The van der Waals surface area contributed by atoms with E-state index in [2.05, 4.69) is 11.6 Å². The maximum absolute atomic E-state index is 12.4. The number of rotatable bonds is 4. The number of hydrogen-bond donors (Lipinski definition) is 2. The van der Waals surface area contributed by atoms with Gasteiger partial charge in [-0.2, -0.15) is 0 Å². The van der Waals surface area contributed by atoms with Gasteiger partial charge in [-0.15, -0.1) is 0 Å². The lowest BCUT2D eigenvalue weighted by atomic mass is 9.98. The number of benzene rings is 1. The number of halogens is 1. The van der Waals surface area contributed by atoms with Gasteiger partial charge in [0.1, 0.15) is 0 Å². The molecule has 0 aliphatic heterocycles. The quantitative estimate of drug-likeness (QED) is 0.730. The summed E-state index contributed by atoms with van der Waals surface area (Å²) in [6.45, 7) is 4.16. The molecule has 2 N–H and O–H groups in total. The van der Waals surface area contributed by atoms with Crippen molar-refractivity contribution in [1.82, 2.24) is 4.72 Å². The average molecular weight is 423 g/mol. The highest BCUT2D eigenvalue weighted by Crippen LogP contribution is 2.32. The third-order valence-electron chi connectivity index (χ3n) is 4.25. The number of carboxylic acid groups (broad SMARTS) is 1. The summed E-state index contributed by atoms with van der Waals surface area (Å²) < 4.78 is 28.1. The highest BCUT2D eigenvalue weighted by Gasteiger charge is 2.33. The smallest absolute Gasteiger partial charge is 0.336 e. The van der Waals surface area contributed by atoms with Crippen molar-refractivity contribution < 1.29 is 18.3 Å². The SMILES string of the molecule is CC1CCC(NS(=O)(=O)c2ccc(I)c(C(=O)O)c2)C1C. The highest BCUT2D eigenvalue weighted by molar-refractivity contribution is 14.1. The van der Waals surface area contributed by atoms with E-state index in [9.17, 15) is 13.2 Å². The summed E-state index contributed by atoms with van der Waals surface area (Å²) in [5.41, 5.74) is 0.00585. The van der Waals surface area contributed by atoms with Gasteiger partial charge < -0.3 is 5.11 Å². The first kappa shape index (κ1) is 16.7. The lowest BCUT2D eigenvalue weighted by molar-refractivity contribution is 0.0695. The lowest BCUT2D eigenvalue weighted by Gasteiger charge is -2.19. The number of nitrogens with one attached hydrogen (secondary N) is 1. The molecular formula is C14H18INO4S. The van der Waals surface area contributed by atoms with E-state index in [4.69, 9.17) is 5.11 Å². The molecule has 0 heterocycles. The molecule has 2 rings (SSSR count). The van der Waals surface area contributed by atoms with E-state index in [1.54, 1.807) is 0 Å². The van der Waals surface area contributed by atoms with Crippen LogP contribution in [-0.4, -0.2) is 25.5 Å². The molecule has 1 aliphatic rings. The van der Waals surface area contributed by atoms with E-state index in [0.717, 1.165) is 12.8 Å². The molecule has 1 aromatic rings. The van der Waals surface area contributed by atoms with Crippen LogP contribution in [0.2, 0.25) is 0 Å². The van der Waals surface area contributed by atoms with Crippen molar-refractivity contribution >= 4 is 38.6 Å². The van der Waals surface area contributed by atoms with Gasteiger partial charge >= 0.3 is 5.97 Å². The molecule has 0 radical (unpaired) electrons. The fourth-order valence-corrected chi connectivity index (χ4v) is 4.59. The van der Waals surface area contributed by atoms with Crippen LogP contribution >= 0.6 is 22.6 Å². The zero-order chi connectivity index (χ0) is 15.8. The Hall–Kier alpha value is -0.670. The molecule has 1 fully saturated rings. The van der Waals surface area contributed by atoms with E-state index in [-0.39, 0.29) is 22.4 Å². The summed E-state index contributed by atoms with van der Waals surface area (Å²) in [7, 11) is -3.69. The Morgan fingerprint density at radius 2 is 2.00 bits per heavy atom. The molecule has 1 aliphatic carbocycles. The van der Waals surface area contributed by atoms with Crippen molar-refractivity contribution in [1.29, 1.82) is 0 Å². The topological polar surface area (TPSA) is 83.5 Å². The number of sulfonamides is 1. The van der Waals surface area contributed by atoms with Crippen LogP contribution in [0.3, 0.4) is 0 Å². The summed E-state index contributed by atoms with van der Waals surface area (Å²) in [5, 5.41) is 9.10. The first-order valence-electron chi connectivity index (χ1n) is 6.77. The highest BCUT2D eigenvalue weighted by atomic mass is 127. The zero-order valence-corrected chi connectivity index (χ0v) is 14.8. The average Bonchev–Trinajstić information content (AvgIpc) is 2.70. The minimum atomic E-state index is -3.69. The fraction of sp³-hybridized carbons (Fsp3) is 0.500. The van der Waals surface area contributed by atoms with E-state index in [1.807, 2.05) is 29.5 Å². The van der Waals surface area contributed by atoms with Gasteiger partial charge in [0.2, 0.25) is 10.0 Å². The Labute approximate surface area is 138 Å². The van der Waals surface area contributed by atoms with Gasteiger partial charge in [0.15, 0.2) is 0 Å². The van der Waals surface area contributed by atoms with Gasteiger partial charge in [0.25, 0.3) is 0 Å². The molecule has 116 valence electrons. The van der Waals surface area contributed by atoms with E-state index in [0.29, 0.717) is 9.49 Å². The third kappa shape index (κ3) is 3.57. The van der Waals surface area contributed by atoms with Gasteiger partial charge in [-0.1, -0.05) is 13.8 Å². The van der Waals surface area contributed by atoms with E-state index >= 15 is 0 Å². The van der Waals surface area contributed by atoms with Crippen molar-refractivity contribution in [2.75, 3.05) is 0 Å². The second kappa shape index (κ2) is 6.21. The van der Waals surface area contributed by atoms with Crippen LogP contribution in [0.4, 0.5) is 0 Å². The van der Waals surface area contributed by atoms with Gasteiger partial charge in [-0.05, 0) is 65.5 Å². The number of hydrogen-bond acceptors (Lipinski definition) is 3. The molecule has 3 unspecified atom stereocenters. The Bertz CT molecular complexity index is 659. The molecule has 7 heteroatoms. The first-order chi connectivity index (χ1) is 9.72. The monoisotopic (exact) mass is 423 g/mol. The molecule has 1 aromatic carbocycles. The molecular weight excluding hydrogens is 405 g/mol. The molecule has 0 amide bonds. The lowest BCUT2D eigenvalue weighted by Crippen LogP contribution is -2.37. The molecule has 5 nitrogen and oxygen atoms in total. The number of carbonyl (C=O) groups is 1. The minimum absolute atomic E-state index is 0.00585. The maximum atomic E-state index is 12.4. The van der Waals surface area contributed by atoms with Crippen molar-refractivity contribution in [2.45, 2.75) is 37.6 Å². The van der Waals surface area contributed by atoms with Crippen molar-refractivity contribution in [2.24, 2.45) is 11.8 Å². The second-order valence-corrected chi connectivity index (χ2v) is 8.46. The molecule has 3 atom stereocenters. The van der Waals surface area contributed by atoms with Crippen LogP contribution in [-0.2, 0) is 10.0 Å². The van der Waals surface area contributed by atoms with Crippen LogP contribution in [0.15, 0.2) is 23.1 Å². The van der Waals surface area contributed by atoms with Gasteiger partial charge in [0, 0.05) is 9.61 Å². The van der Waals surface area contributed by atoms with Crippen molar-refractivity contribution in [3.63, 3.8) is 0 Å². The standard InChI is InChI=1S/C14H18INO4S/c1-8-3-6-13(9(8)2)16-21(19,20)10-4-5-12(15)11(7-10)14(17)18/h4-5,7-9,13,16H,3,6H2,1-2H3,(H,17,18). The predicted octanol–water partition coefficient (Wildman–Crippen LogP) is 2.70. The molecule has 0 spiro atoms. The molecule has 1 saturated carbocycles. The largest absolute Gasteiger partial charge is 0.478 e. The zero-order valence-electron chi connectivity index (χ0n) is 11.8. The van der Waals surface area contributed by atoms with Crippen molar-refractivity contribution in [3.8, 4) is 0 Å². The van der Waals surface area contributed by atoms with Crippen molar-refractivity contribution in [3.05, 3.63) is 27.3 Å². The summed E-state index contributed by atoms with van der Waals surface area (Å²) in [4.78, 5) is 11.1. The molecule has 21 heavy (non-hydrogen) atoms.